The third kappa shape index (κ3) is 4.73. The van der Waals surface area contributed by atoms with Gasteiger partial charge in [-0.1, -0.05) is 32.4 Å². The van der Waals surface area contributed by atoms with Crippen LogP contribution in [0.1, 0.15) is 72.2 Å². The molecule has 0 bridgehead atoms. The van der Waals surface area contributed by atoms with Crippen LogP contribution in [0.15, 0.2) is 24.3 Å². The highest BCUT2D eigenvalue weighted by molar-refractivity contribution is 7.17. The van der Waals surface area contributed by atoms with Gasteiger partial charge in [0.1, 0.15) is 5.00 Å². The second kappa shape index (κ2) is 9.11. The van der Waals surface area contributed by atoms with Crippen LogP contribution in [0.5, 0.6) is 0 Å². The maximum Gasteiger partial charge on any atom is 0.257 e. The Kier molecular flexibility index (Phi) is 6.93. The number of thiophene rings is 1. The number of amides is 2. The lowest BCUT2D eigenvalue weighted by molar-refractivity contribution is 0.0772. The number of fused-ring (bicyclic) bond motifs is 1. The predicted octanol–water partition coefficient (Wildman–Crippen LogP) is 6.29. The van der Waals surface area contributed by atoms with Gasteiger partial charge >= 0.3 is 0 Å². The van der Waals surface area contributed by atoms with Crippen LogP contribution in [0.3, 0.4) is 0 Å². The Balaban J connectivity index is 1.99. The summed E-state index contributed by atoms with van der Waals surface area (Å²) in [5.41, 5.74) is 2.56. The van der Waals surface area contributed by atoms with Crippen LogP contribution in [-0.4, -0.2) is 29.8 Å². The van der Waals surface area contributed by atoms with Crippen LogP contribution in [-0.2, 0) is 12.8 Å². The van der Waals surface area contributed by atoms with Gasteiger partial charge in [-0.05, 0) is 74.3 Å². The van der Waals surface area contributed by atoms with Crippen molar-refractivity contribution in [3.05, 3.63) is 50.9 Å². The van der Waals surface area contributed by atoms with Crippen LogP contribution in [0.4, 0.5) is 5.00 Å². The van der Waals surface area contributed by atoms with Gasteiger partial charge in [0.25, 0.3) is 11.8 Å². The molecular formula is C24H31ClN2O2S. The molecule has 2 amide bonds. The van der Waals surface area contributed by atoms with Gasteiger partial charge in [-0.15, -0.1) is 11.3 Å². The topological polar surface area (TPSA) is 49.4 Å². The Morgan fingerprint density at radius 2 is 1.80 bits per heavy atom. The number of halogens is 1. The van der Waals surface area contributed by atoms with E-state index in [1.165, 1.54) is 4.88 Å². The SMILES string of the molecule is CCN(CC)C(=O)c1c(NC(=O)c2ccc(Cl)cc2)sc2c1CCC(C(C)(C)C)C2. The quantitative estimate of drug-likeness (QED) is 0.586. The molecule has 4 nitrogen and oxygen atoms in total. The summed E-state index contributed by atoms with van der Waals surface area (Å²) in [5, 5.41) is 4.29. The minimum atomic E-state index is -0.216. The highest BCUT2D eigenvalue weighted by Gasteiger charge is 2.34. The summed E-state index contributed by atoms with van der Waals surface area (Å²) in [7, 11) is 0. The lowest BCUT2D eigenvalue weighted by atomic mass is 9.72. The average Bonchev–Trinajstić information content (AvgIpc) is 3.05. The molecule has 6 heteroatoms. The number of carbonyl (C=O) groups is 2. The molecule has 0 spiro atoms. The lowest BCUT2D eigenvalue weighted by Crippen LogP contribution is -2.32. The predicted molar refractivity (Wildman–Crippen MR) is 126 cm³/mol. The smallest absolute Gasteiger partial charge is 0.257 e. The number of hydrogen-bond donors (Lipinski definition) is 1. The number of rotatable bonds is 5. The van der Waals surface area contributed by atoms with Gasteiger partial charge in [0.15, 0.2) is 0 Å². The van der Waals surface area contributed by atoms with E-state index in [4.69, 9.17) is 11.6 Å². The summed E-state index contributed by atoms with van der Waals surface area (Å²) in [6.45, 7) is 12.1. The molecule has 1 heterocycles. The molecule has 30 heavy (non-hydrogen) atoms. The zero-order valence-electron chi connectivity index (χ0n) is 18.5. The van der Waals surface area contributed by atoms with Crippen molar-refractivity contribution in [3.8, 4) is 0 Å². The highest BCUT2D eigenvalue weighted by Crippen LogP contribution is 2.44. The molecular weight excluding hydrogens is 416 g/mol. The van der Waals surface area contributed by atoms with Crippen LogP contribution >= 0.6 is 22.9 Å². The first-order valence-corrected chi connectivity index (χ1v) is 11.9. The van der Waals surface area contributed by atoms with Crippen molar-refractivity contribution in [1.82, 2.24) is 4.90 Å². The zero-order chi connectivity index (χ0) is 22.1. The van der Waals surface area contributed by atoms with Crippen molar-refractivity contribution >= 4 is 39.8 Å². The molecule has 1 aromatic carbocycles. The molecule has 0 saturated carbocycles. The van der Waals surface area contributed by atoms with E-state index < -0.39 is 0 Å². The summed E-state index contributed by atoms with van der Waals surface area (Å²) in [6.07, 6.45) is 2.90. The fourth-order valence-corrected chi connectivity index (χ4v) is 5.53. The first-order valence-electron chi connectivity index (χ1n) is 10.7. The molecule has 162 valence electrons. The van der Waals surface area contributed by atoms with E-state index in [0.29, 0.717) is 40.2 Å². The fourth-order valence-electron chi connectivity index (χ4n) is 4.08. The largest absolute Gasteiger partial charge is 0.339 e. The van der Waals surface area contributed by atoms with E-state index >= 15 is 0 Å². The number of nitrogens with one attached hydrogen (secondary N) is 1. The molecule has 1 atom stereocenters. The second-order valence-corrected chi connectivity index (χ2v) is 10.5. The Hall–Kier alpha value is -1.85. The number of hydrogen-bond acceptors (Lipinski definition) is 3. The van der Waals surface area contributed by atoms with Crippen molar-refractivity contribution in [1.29, 1.82) is 0 Å². The molecule has 0 radical (unpaired) electrons. The summed E-state index contributed by atoms with van der Waals surface area (Å²) in [6, 6.07) is 6.80. The van der Waals surface area contributed by atoms with Crippen molar-refractivity contribution in [3.63, 3.8) is 0 Å². The molecule has 0 aliphatic heterocycles. The molecule has 0 fully saturated rings. The highest BCUT2D eigenvalue weighted by atomic mass is 35.5. The molecule has 3 rings (SSSR count). The van der Waals surface area contributed by atoms with Gasteiger partial charge in [-0.3, -0.25) is 9.59 Å². The molecule has 0 saturated heterocycles. The number of benzene rings is 1. The molecule has 1 aromatic heterocycles. The van der Waals surface area contributed by atoms with Gasteiger partial charge in [-0.25, -0.2) is 0 Å². The Morgan fingerprint density at radius 1 is 1.17 bits per heavy atom. The van der Waals surface area contributed by atoms with E-state index in [0.717, 1.165) is 24.8 Å². The summed E-state index contributed by atoms with van der Waals surface area (Å²) in [5.74, 6) is 0.365. The summed E-state index contributed by atoms with van der Waals surface area (Å²) < 4.78 is 0. The average molecular weight is 447 g/mol. The first-order chi connectivity index (χ1) is 14.2. The Bertz CT molecular complexity index is 924. The van der Waals surface area contributed by atoms with Gasteiger partial charge in [0, 0.05) is 28.6 Å². The van der Waals surface area contributed by atoms with E-state index in [1.54, 1.807) is 35.6 Å². The summed E-state index contributed by atoms with van der Waals surface area (Å²) >= 11 is 7.52. The maximum atomic E-state index is 13.4. The molecule has 1 N–H and O–H groups in total. The van der Waals surface area contributed by atoms with Crippen molar-refractivity contribution in [2.45, 2.75) is 53.9 Å². The number of nitrogens with zero attached hydrogens (tertiary/aromatic N) is 1. The van der Waals surface area contributed by atoms with Gasteiger partial charge in [0.05, 0.1) is 5.56 Å². The number of carbonyl (C=O) groups excluding carboxylic acids is 2. The van der Waals surface area contributed by atoms with E-state index in [-0.39, 0.29) is 17.2 Å². The molecule has 2 aromatic rings. The van der Waals surface area contributed by atoms with Crippen molar-refractivity contribution in [2.75, 3.05) is 18.4 Å². The third-order valence-corrected chi connectivity index (χ3v) is 7.51. The van der Waals surface area contributed by atoms with E-state index in [1.807, 2.05) is 18.7 Å². The normalized spacial score (nSPS) is 16.1. The zero-order valence-corrected chi connectivity index (χ0v) is 20.0. The molecule has 1 aliphatic rings. The first kappa shape index (κ1) is 22.8. The van der Waals surface area contributed by atoms with Crippen LogP contribution in [0.25, 0.3) is 0 Å². The van der Waals surface area contributed by atoms with Crippen molar-refractivity contribution < 1.29 is 9.59 Å². The standard InChI is InChI=1S/C24H31ClN2O2S/c1-6-27(7-2)23(29)20-18-13-10-16(24(3,4)5)14-19(18)30-22(20)26-21(28)15-8-11-17(25)12-9-15/h8-9,11-12,16H,6-7,10,13-14H2,1-5H3,(H,26,28). The third-order valence-electron chi connectivity index (χ3n) is 6.09. The van der Waals surface area contributed by atoms with E-state index in [2.05, 4.69) is 26.1 Å². The summed E-state index contributed by atoms with van der Waals surface area (Å²) in [4.78, 5) is 29.3. The minimum absolute atomic E-state index is 0.0121. The Morgan fingerprint density at radius 3 is 2.37 bits per heavy atom. The second-order valence-electron chi connectivity index (χ2n) is 8.95. The molecule has 1 unspecified atom stereocenters. The maximum absolute atomic E-state index is 13.4. The lowest BCUT2D eigenvalue weighted by Gasteiger charge is -2.34. The van der Waals surface area contributed by atoms with E-state index in [9.17, 15) is 9.59 Å². The van der Waals surface area contributed by atoms with Gasteiger partial charge in [-0.2, -0.15) is 0 Å². The molecule has 1 aliphatic carbocycles. The minimum Gasteiger partial charge on any atom is -0.339 e. The number of anilines is 1. The van der Waals surface area contributed by atoms with Gasteiger partial charge in [0.2, 0.25) is 0 Å². The van der Waals surface area contributed by atoms with Crippen LogP contribution in [0.2, 0.25) is 5.02 Å². The monoisotopic (exact) mass is 446 g/mol. The Labute approximate surface area is 188 Å². The van der Waals surface area contributed by atoms with Crippen LogP contribution in [0, 0.1) is 11.3 Å². The fraction of sp³-hybridized carbons (Fsp3) is 0.500. The van der Waals surface area contributed by atoms with Crippen molar-refractivity contribution in [2.24, 2.45) is 11.3 Å². The van der Waals surface area contributed by atoms with Gasteiger partial charge < -0.3 is 10.2 Å². The van der Waals surface area contributed by atoms with Crippen LogP contribution < -0.4 is 5.32 Å².